The average molecular weight is 355 g/mol. The van der Waals surface area contributed by atoms with E-state index in [1.54, 1.807) is 12.2 Å². The molecule has 10 heteroatoms. The number of fused-ring (bicyclic) bond motifs is 1. The van der Waals surface area contributed by atoms with Crippen molar-refractivity contribution in [1.82, 2.24) is 5.06 Å². The Balaban J connectivity index is 2.30. The van der Waals surface area contributed by atoms with Crippen molar-refractivity contribution in [2.75, 3.05) is 0 Å². The van der Waals surface area contributed by atoms with E-state index in [0.717, 1.165) is 0 Å². The second-order valence-electron chi connectivity index (χ2n) is 5.15. The predicted octanol–water partition coefficient (Wildman–Crippen LogP) is 2.60. The Kier molecular flexibility index (Phi) is 4.18. The van der Waals surface area contributed by atoms with Gasteiger partial charge < -0.3 is 0 Å². The fourth-order valence-electron chi connectivity index (χ4n) is 2.41. The van der Waals surface area contributed by atoms with E-state index in [0.29, 0.717) is 6.42 Å². The van der Waals surface area contributed by atoms with Gasteiger partial charge in [-0.2, -0.15) is 31.0 Å². The van der Waals surface area contributed by atoms with E-state index in [-0.39, 0.29) is 17.2 Å². The molecule has 2 rings (SSSR count). The highest BCUT2D eigenvalue weighted by molar-refractivity contribution is 7.87. The number of halogens is 4. The molecule has 0 spiro atoms. The normalized spacial score (nSPS) is 25.7. The van der Waals surface area contributed by atoms with Crippen molar-refractivity contribution in [3.63, 3.8) is 0 Å². The lowest BCUT2D eigenvalue weighted by atomic mass is 9.84. The lowest BCUT2D eigenvalue weighted by Gasteiger charge is -2.25. The standard InChI is InChI=1S/C13H13F4NO4S/c1-3-12(14,15)13(16,17)23(20,21)22-18-8(2)9-6-4-5-7-10(9)11(18)19/h3-5,9-10H,1-2,6-7H2. The third-order valence-electron chi connectivity index (χ3n) is 3.77. The van der Waals surface area contributed by atoms with E-state index in [9.17, 15) is 30.8 Å². The predicted molar refractivity (Wildman–Crippen MR) is 71.4 cm³/mol. The molecule has 1 fully saturated rings. The molecular formula is C13H13F4NO4S. The van der Waals surface area contributed by atoms with Crippen LogP contribution in [0.15, 0.2) is 37.1 Å². The molecule has 0 aromatic rings. The average Bonchev–Trinajstić information content (AvgIpc) is 2.72. The summed E-state index contributed by atoms with van der Waals surface area (Å²) in [5, 5.41) is -5.51. The molecule has 0 saturated carbocycles. The summed E-state index contributed by atoms with van der Waals surface area (Å²) in [6.07, 6.45) is 3.48. The third-order valence-corrected chi connectivity index (χ3v) is 5.02. The molecule has 0 N–H and O–H groups in total. The van der Waals surface area contributed by atoms with Crippen LogP contribution < -0.4 is 0 Å². The Morgan fingerprint density at radius 3 is 2.22 bits per heavy atom. The monoisotopic (exact) mass is 355 g/mol. The summed E-state index contributed by atoms with van der Waals surface area (Å²) in [4.78, 5) is 12.1. The van der Waals surface area contributed by atoms with Gasteiger partial charge in [0.15, 0.2) is 0 Å². The summed E-state index contributed by atoms with van der Waals surface area (Å²) in [5.41, 5.74) is -0.161. The van der Waals surface area contributed by atoms with Crippen LogP contribution in [0.2, 0.25) is 0 Å². The third kappa shape index (κ3) is 2.59. The summed E-state index contributed by atoms with van der Waals surface area (Å²) < 4.78 is 80.5. The van der Waals surface area contributed by atoms with Crippen LogP contribution in [0.1, 0.15) is 12.8 Å². The summed E-state index contributed by atoms with van der Waals surface area (Å²) >= 11 is 0. The maximum absolute atomic E-state index is 13.5. The molecule has 0 bridgehead atoms. The van der Waals surface area contributed by atoms with Gasteiger partial charge in [-0.3, -0.25) is 4.79 Å². The zero-order chi connectivity index (χ0) is 17.6. The number of hydroxylamine groups is 2. The van der Waals surface area contributed by atoms with Gasteiger partial charge in [0, 0.05) is 11.6 Å². The second kappa shape index (κ2) is 5.45. The van der Waals surface area contributed by atoms with Crippen molar-refractivity contribution in [2.45, 2.75) is 24.0 Å². The van der Waals surface area contributed by atoms with Gasteiger partial charge in [0.05, 0.1) is 5.92 Å². The van der Waals surface area contributed by atoms with E-state index in [2.05, 4.69) is 17.4 Å². The zero-order valence-electron chi connectivity index (χ0n) is 11.7. The van der Waals surface area contributed by atoms with Gasteiger partial charge in [-0.25, -0.2) is 0 Å². The topological polar surface area (TPSA) is 63.7 Å². The number of carbonyl (C=O) groups is 1. The smallest absolute Gasteiger partial charge is 0.272 e. The lowest BCUT2D eigenvalue weighted by molar-refractivity contribution is -0.157. The number of nitrogens with zero attached hydrogens (tertiary/aromatic N) is 1. The molecule has 1 aliphatic heterocycles. The van der Waals surface area contributed by atoms with Crippen molar-refractivity contribution in [3.8, 4) is 0 Å². The van der Waals surface area contributed by atoms with E-state index in [1.165, 1.54) is 0 Å². The first-order valence-electron chi connectivity index (χ1n) is 6.47. The van der Waals surface area contributed by atoms with Crippen molar-refractivity contribution < 1.29 is 35.1 Å². The minimum Gasteiger partial charge on any atom is -0.272 e. The quantitative estimate of drug-likeness (QED) is 0.562. The van der Waals surface area contributed by atoms with Crippen LogP contribution in [-0.2, 0) is 19.2 Å². The second-order valence-corrected chi connectivity index (χ2v) is 6.72. The van der Waals surface area contributed by atoms with Crippen LogP contribution in [0.25, 0.3) is 0 Å². The Labute approximate surface area is 130 Å². The molecule has 0 aromatic heterocycles. The number of hydrogen-bond acceptors (Lipinski definition) is 4. The van der Waals surface area contributed by atoms with Crippen LogP contribution in [0.4, 0.5) is 17.6 Å². The highest BCUT2D eigenvalue weighted by Gasteiger charge is 2.66. The van der Waals surface area contributed by atoms with E-state index >= 15 is 0 Å². The molecule has 1 amide bonds. The summed E-state index contributed by atoms with van der Waals surface area (Å²) in [6, 6.07) is 0. The summed E-state index contributed by atoms with van der Waals surface area (Å²) in [7, 11) is -6.15. The van der Waals surface area contributed by atoms with Gasteiger partial charge in [-0.1, -0.05) is 25.3 Å². The van der Waals surface area contributed by atoms with Crippen LogP contribution >= 0.6 is 0 Å². The summed E-state index contributed by atoms with van der Waals surface area (Å²) in [6.45, 7) is 5.92. The minimum absolute atomic E-state index is 0.0742. The van der Waals surface area contributed by atoms with E-state index in [4.69, 9.17) is 0 Å². The Bertz CT molecular complexity index is 660. The Hall–Kier alpha value is -1.68. The molecule has 1 aliphatic carbocycles. The maximum atomic E-state index is 13.5. The fraction of sp³-hybridized carbons (Fsp3) is 0.462. The number of alkyl halides is 4. The van der Waals surface area contributed by atoms with Crippen LogP contribution in [0.5, 0.6) is 0 Å². The van der Waals surface area contributed by atoms with Gasteiger partial charge >= 0.3 is 21.3 Å². The molecule has 5 nitrogen and oxygen atoms in total. The van der Waals surface area contributed by atoms with E-state index in [1.807, 2.05) is 0 Å². The summed E-state index contributed by atoms with van der Waals surface area (Å²) in [5.74, 6) is -7.21. The molecule has 1 heterocycles. The molecule has 2 unspecified atom stereocenters. The molecular weight excluding hydrogens is 342 g/mol. The van der Waals surface area contributed by atoms with Crippen molar-refractivity contribution in [2.24, 2.45) is 11.8 Å². The van der Waals surface area contributed by atoms with Crippen LogP contribution in [-0.4, -0.2) is 30.6 Å². The SMILES string of the molecule is C=CC(F)(F)C(F)(F)S(=O)(=O)ON1C(=C)C2CC=CCC2C1=O. The van der Waals surface area contributed by atoms with Gasteiger partial charge in [0.2, 0.25) is 0 Å². The van der Waals surface area contributed by atoms with Gasteiger partial charge in [0.1, 0.15) is 0 Å². The van der Waals surface area contributed by atoms with Gasteiger partial charge in [-0.15, -0.1) is 4.28 Å². The Morgan fingerprint density at radius 1 is 1.22 bits per heavy atom. The molecule has 23 heavy (non-hydrogen) atoms. The Morgan fingerprint density at radius 2 is 1.74 bits per heavy atom. The van der Waals surface area contributed by atoms with Crippen LogP contribution in [0.3, 0.4) is 0 Å². The zero-order valence-corrected chi connectivity index (χ0v) is 12.5. The lowest BCUT2D eigenvalue weighted by Crippen LogP contribution is -2.48. The largest absolute Gasteiger partial charge is 0.437 e. The van der Waals surface area contributed by atoms with Crippen LogP contribution in [0, 0.1) is 11.8 Å². The molecule has 1 saturated heterocycles. The first kappa shape index (κ1) is 17.7. The molecule has 2 aliphatic rings. The molecule has 128 valence electrons. The highest BCUT2D eigenvalue weighted by atomic mass is 32.2. The first-order chi connectivity index (χ1) is 10.5. The number of rotatable bonds is 5. The maximum Gasteiger partial charge on any atom is 0.437 e. The number of hydrogen-bond donors (Lipinski definition) is 0. The van der Waals surface area contributed by atoms with Gasteiger partial charge in [-0.05, 0) is 18.9 Å². The number of allylic oxidation sites excluding steroid dienone is 4. The highest BCUT2D eigenvalue weighted by Crippen LogP contribution is 2.44. The van der Waals surface area contributed by atoms with Crippen molar-refractivity contribution in [3.05, 3.63) is 37.1 Å². The molecule has 0 radical (unpaired) electrons. The van der Waals surface area contributed by atoms with Gasteiger partial charge in [0.25, 0.3) is 5.91 Å². The van der Waals surface area contributed by atoms with Crippen molar-refractivity contribution >= 4 is 16.0 Å². The fourth-order valence-corrected chi connectivity index (χ4v) is 3.29. The number of carbonyl (C=O) groups excluding carboxylic acids is 1. The minimum atomic E-state index is -6.15. The van der Waals surface area contributed by atoms with Crippen molar-refractivity contribution in [1.29, 1.82) is 0 Å². The number of amides is 1. The van der Waals surface area contributed by atoms with E-state index < -0.39 is 45.1 Å². The first-order valence-corrected chi connectivity index (χ1v) is 7.88. The molecule has 2 atom stereocenters. The molecule has 0 aromatic carbocycles.